The van der Waals surface area contributed by atoms with Crippen LogP contribution in [0.25, 0.3) is 0 Å². The van der Waals surface area contributed by atoms with Gasteiger partial charge in [0.25, 0.3) is 0 Å². The van der Waals surface area contributed by atoms with E-state index in [0.717, 1.165) is 5.56 Å². The summed E-state index contributed by atoms with van der Waals surface area (Å²) in [6.45, 7) is 2.25. The number of carbonyl (C=O) groups excluding carboxylic acids is 1. The fraction of sp³-hybridized carbons (Fsp3) is 0.350. The number of methoxy groups -OCH3 is 1. The van der Waals surface area contributed by atoms with E-state index in [1.807, 2.05) is 6.92 Å². The molecule has 30 heavy (non-hydrogen) atoms. The molecule has 1 aliphatic heterocycles. The minimum absolute atomic E-state index is 0.0269. The Morgan fingerprint density at radius 1 is 1.10 bits per heavy atom. The van der Waals surface area contributed by atoms with Gasteiger partial charge in [-0.15, -0.1) is 0 Å². The Morgan fingerprint density at radius 3 is 2.40 bits per heavy atom. The lowest BCUT2D eigenvalue weighted by molar-refractivity contribution is -0.120. The number of sulfonamides is 1. The third-order valence-electron chi connectivity index (χ3n) is 5.07. The number of piperidine rings is 1. The van der Waals surface area contributed by atoms with E-state index in [-0.39, 0.29) is 34.8 Å². The summed E-state index contributed by atoms with van der Waals surface area (Å²) in [5.74, 6) is -0.0469. The molecular weight excluding hydrogens is 471 g/mol. The number of nitrogens with zero attached hydrogens (tertiary/aromatic N) is 1. The molecule has 162 valence electrons. The maximum Gasteiger partial charge on any atom is 0.244 e. The number of amides is 1. The normalized spacial score (nSPS) is 15.8. The lowest BCUT2D eigenvalue weighted by atomic mass is 9.97. The first-order valence-electron chi connectivity index (χ1n) is 9.23. The van der Waals surface area contributed by atoms with E-state index >= 15 is 0 Å². The van der Waals surface area contributed by atoms with E-state index in [9.17, 15) is 13.2 Å². The van der Waals surface area contributed by atoms with E-state index in [2.05, 4.69) is 5.32 Å². The topological polar surface area (TPSA) is 75.7 Å². The number of carbonyl (C=O) groups is 1. The van der Waals surface area contributed by atoms with Gasteiger partial charge in [-0.2, -0.15) is 4.31 Å². The van der Waals surface area contributed by atoms with Crippen molar-refractivity contribution >= 4 is 56.4 Å². The smallest absolute Gasteiger partial charge is 0.244 e. The first-order valence-corrected chi connectivity index (χ1v) is 11.8. The van der Waals surface area contributed by atoms with Crippen molar-refractivity contribution in [2.75, 3.05) is 25.5 Å². The lowest BCUT2D eigenvalue weighted by Gasteiger charge is -2.31. The second kappa shape index (κ2) is 9.32. The van der Waals surface area contributed by atoms with E-state index in [4.69, 9.17) is 39.5 Å². The van der Waals surface area contributed by atoms with Gasteiger partial charge < -0.3 is 10.1 Å². The number of halogens is 3. The van der Waals surface area contributed by atoms with Crippen molar-refractivity contribution in [3.8, 4) is 5.75 Å². The summed E-state index contributed by atoms with van der Waals surface area (Å²) in [6.07, 6.45) is 0.774. The zero-order chi connectivity index (χ0) is 22.1. The van der Waals surface area contributed by atoms with E-state index in [1.54, 1.807) is 12.1 Å². The fourth-order valence-corrected chi connectivity index (χ4v) is 5.70. The Kier molecular flexibility index (Phi) is 7.20. The Bertz CT molecular complexity index is 1070. The summed E-state index contributed by atoms with van der Waals surface area (Å²) >= 11 is 18.1. The molecule has 0 atom stereocenters. The molecule has 0 bridgehead atoms. The standard InChI is InChI=1S/C20H21Cl3N2O4S/c1-12-9-17(18(29-2)11-16(12)23)24-20(26)13-5-7-25(8-6-13)30(27,28)19-10-14(21)3-4-15(19)22/h3-4,9-11,13H,5-8H2,1-2H3,(H,24,26). The number of nitrogens with one attached hydrogen (secondary N) is 1. The van der Waals surface area contributed by atoms with E-state index in [1.165, 1.54) is 29.6 Å². The van der Waals surface area contributed by atoms with Crippen LogP contribution in [0.1, 0.15) is 18.4 Å². The van der Waals surface area contributed by atoms with Crippen molar-refractivity contribution in [1.82, 2.24) is 4.31 Å². The Morgan fingerprint density at radius 2 is 1.77 bits per heavy atom. The molecule has 1 aliphatic rings. The van der Waals surface area contributed by atoms with Crippen LogP contribution in [-0.2, 0) is 14.8 Å². The summed E-state index contributed by atoms with van der Waals surface area (Å²) in [5.41, 5.74) is 1.34. The zero-order valence-corrected chi connectivity index (χ0v) is 19.5. The predicted molar refractivity (Wildman–Crippen MR) is 119 cm³/mol. The summed E-state index contributed by atoms with van der Waals surface area (Å²) in [5, 5.41) is 3.82. The van der Waals surface area contributed by atoms with Crippen LogP contribution in [0.2, 0.25) is 15.1 Å². The largest absolute Gasteiger partial charge is 0.495 e. The number of benzene rings is 2. The summed E-state index contributed by atoms with van der Waals surface area (Å²) < 4.78 is 32.5. The molecule has 0 saturated carbocycles. The van der Waals surface area contributed by atoms with Gasteiger partial charge >= 0.3 is 0 Å². The third kappa shape index (κ3) is 4.86. The first kappa shape index (κ1) is 23.2. The van der Waals surface area contributed by atoms with Crippen molar-refractivity contribution in [2.24, 2.45) is 5.92 Å². The highest BCUT2D eigenvalue weighted by Crippen LogP contribution is 2.33. The lowest BCUT2D eigenvalue weighted by Crippen LogP contribution is -2.41. The third-order valence-corrected chi connectivity index (χ3v) is 8.10. The van der Waals surface area contributed by atoms with Gasteiger partial charge in [0.2, 0.25) is 15.9 Å². The number of hydrogen-bond acceptors (Lipinski definition) is 4. The van der Waals surface area contributed by atoms with Gasteiger partial charge in [0.1, 0.15) is 10.6 Å². The molecule has 2 aromatic carbocycles. The minimum atomic E-state index is -3.79. The maximum absolute atomic E-state index is 12.9. The molecule has 0 radical (unpaired) electrons. The van der Waals surface area contributed by atoms with Crippen molar-refractivity contribution < 1.29 is 17.9 Å². The minimum Gasteiger partial charge on any atom is -0.495 e. The molecule has 1 N–H and O–H groups in total. The Balaban J connectivity index is 1.69. The van der Waals surface area contributed by atoms with Crippen LogP contribution < -0.4 is 10.1 Å². The molecule has 1 heterocycles. The summed E-state index contributed by atoms with van der Waals surface area (Å²) in [6, 6.07) is 7.73. The molecule has 0 spiro atoms. The number of rotatable bonds is 5. The van der Waals surface area contributed by atoms with E-state index < -0.39 is 10.0 Å². The average molecular weight is 492 g/mol. The number of ether oxygens (including phenoxy) is 1. The van der Waals surface area contributed by atoms with Crippen molar-refractivity contribution in [3.63, 3.8) is 0 Å². The van der Waals surface area contributed by atoms with Gasteiger partial charge in [0.15, 0.2) is 0 Å². The molecule has 2 aromatic rings. The monoisotopic (exact) mass is 490 g/mol. The molecule has 0 aromatic heterocycles. The van der Waals surface area contributed by atoms with Gasteiger partial charge in [-0.3, -0.25) is 4.79 Å². The van der Waals surface area contributed by atoms with Crippen LogP contribution in [-0.4, -0.2) is 38.8 Å². The number of anilines is 1. The van der Waals surface area contributed by atoms with Crippen LogP contribution in [0.4, 0.5) is 5.69 Å². The van der Waals surface area contributed by atoms with Crippen molar-refractivity contribution in [1.29, 1.82) is 0 Å². The van der Waals surface area contributed by atoms with Crippen LogP contribution in [0.5, 0.6) is 5.75 Å². The Hall–Kier alpha value is -1.51. The number of aryl methyl sites for hydroxylation is 1. The molecule has 1 saturated heterocycles. The van der Waals surface area contributed by atoms with Gasteiger partial charge in [-0.1, -0.05) is 34.8 Å². The molecule has 0 unspecified atom stereocenters. The van der Waals surface area contributed by atoms with Crippen LogP contribution in [0.15, 0.2) is 35.2 Å². The highest BCUT2D eigenvalue weighted by atomic mass is 35.5. The molecule has 3 rings (SSSR count). The van der Waals surface area contributed by atoms with Gasteiger partial charge in [0, 0.05) is 35.1 Å². The summed E-state index contributed by atoms with van der Waals surface area (Å²) in [7, 11) is -2.29. The van der Waals surface area contributed by atoms with Crippen LogP contribution >= 0.6 is 34.8 Å². The molecule has 1 amide bonds. The SMILES string of the molecule is COc1cc(Cl)c(C)cc1NC(=O)C1CCN(S(=O)(=O)c2cc(Cl)ccc2Cl)CC1. The molecule has 10 heteroatoms. The van der Waals surface area contributed by atoms with Crippen molar-refractivity contribution in [3.05, 3.63) is 51.0 Å². The van der Waals surface area contributed by atoms with Crippen LogP contribution in [0, 0.1) is 12.8 Å². The average Bonchev–Trinajstić information content (AvgIpc) is 2.72. The first-order chi connectivity index (χ1) is 14.1. The highest BCUT2D eigenvalue weighted by molar-refractivity contribution is 7.89. The van der Waals surface area contributed by atoms with Gasteiger partial charge in [-0.05, 0) is 49.6 Å². The van der Waals surface area contributed by atoms with Gasteiger partial charge in [-0.25, -0.2) is 8.42 Å². The summed E-state index contributed by atoms with van der Waals surface area (Å²) in [4.78, 5) is 12.7. The van der Waals surface area contributed by atoms with Crippen molar-refractivity contribution in [2.45, 2.75) is 24.7 Å². The van der Waals surface area contributed by atoms with Gasteiger partial charge in [0.05, 0.1) is 17.8 Å². The van der Waals surface area contributed by atoms with E-state index in [0.29, 0.717) is 34.3 Å². The molecule has 1 fully saturated rings. The highest BCUT2D eigenvalue weighted by Gasteiger charge is 2.33. The second-order valence-electron chi connectivity index (χ2n) is 7.04. The predicted octanol–water partition coefficient (Wildman–Crippen LogP) is 5.00. The Labute approximate surface area is 191 Å². The quantitative estimate of drug-likeness (QED) is 0.638. The maximum atomic E-state index is 12.9. The molecule has 0 aliphatic carbocycles. The molecule has 6 nitrogen and oxygen atoms in total. The second-order valence-corrected chi connectivity index (χ2v) is 10.2. The fourth-order valence-electron chi connectivity index (χ4n) is 3.34. The number of hydrogen-bond donors (Lipinski definition) is 1. The molecular formula is C20H21Cl3N2O4S. The zero-order valence-electron chi connectivity index (χ0n) is 16.4. The van der Waals surface area contributed by atoms with Crippen LogP contribution in [0.3, 0.4) is 0 Å².